The largest absolute Gasteiger partial charge is 0.463 e. The van der Waals surface area contributed by atoms with Crippen LogP contribution in [0, 0.1) is 0 Å². The van der Waals surface area contributed by atoms with Gasteiger partial charge in [0.05, 0.1) is 23.6 Å². The molecule has 0 spiro atoms. The molecule has 0 radical (unpaired) electrons. The highest BCUT2D eigenvalue weighted by atomic mass is 16.3. The number of nitrogen functional groups attached to an aromatic ring is 1. The lowest BCUT2D eigenvalue weighted by atomic mass is 10.1. The van der Waals surface area contributed by atoms with Gasteiger partial charge in [0.15, 0.2) is 11.5 Å². The molecule has 0 amide bonds. The number of nitrogens with two attached hydrogens (primary N) is 1. The van der Waals surface area contributed by atoms with Gasteiger partial charge in [-0.1, -0.05) is 0 Å². The molecule has 0 atom stereocenters. The van der Waals surface area contributed by atoms with Gasteiger partial charge in [-0.25, -0.2) is 9.97 Å². The molecule has 4 aromatic rings. The fraction of sp³-hybridized carbons (Fsp3) is 0. The lowest BCUT2D eigenvalue weighted by Gasteiger charge is -2.06. The van der Waals surface area contributed by atoms with Crippen LogP contribution >= 0.6 is 0 Å². The number of furan rings is 2. The first-order valence-corrected chi connectivity index (χ1v) is 6.46. The maximum absolute atomic E-state index is 5.82. The molecule has 4 rings (SSSR count). The summed E-state index contributed by atoms with van der Waals surface area (Å²) in [5.41, 5.74) is 9.21. The second kappa shape index (κ2) is 4.49. The quantitative estimate of drug-likeness (QED) is 0.565. The van der Waals surface area contributed by atoms with E-state index in [0.29, 0.717) is 28.6 Å². The Morgan fingerprint density at radius 1 is 0.762 bits per heavy atom. The highest BCUT2D eigenvalue weighted by Gasteiger charge is 2.17. The molecular weight excluding hydrogens is 266 g/mol. The number of rotatable bonds is 2. The summed E-state index contributed by atoms with van der Waals surface area (Å²) in [6.07, 6.45) is 3.21. The third kappa shape index (κ3) is 1.95. The second-order valence-corrected chi connectivity index (χ2v) is 4.62. The molecule has 0 aliphatic carbocycles. The maximum Gasteiger partial charge on any atom is 0.154 e. The third-order valence-corrected chi connectivity index (χ3v) is 3.20. The zero-order chi connectivity index (χ0) is 14.2. The first-order valence-electron chi connectivity index (χ1n) is 6.46. The van der Waals surface area contributed by atoms with Crippen LogP contribution in [0.25, 0.3) is 33.9 Å². The topological polar surface area (TPSA) is 78.1 Å². The predicted octanol–water partition coefficient (Wildman–Crippen LogP) is 3.73. The zero-order valence-corrected chi connectivity index (χ0v) is 11.0. The number of fused-ring (bicyclic) bond motifs is 1. The molecule has 5 heteroatoms. The summed E-state index contributed by atoms with van der Waals surface area (Å²) < 4.78 is 10.9. The van der Waals surface area contributed by atoms with Crippen molar-refractivity contribution in [1.29, 1.82) is 0 Å². The third-order valence-electron chi connectivity index (χ3n) is 3.20. The van der Waals surface area contributed by atoms with Crippen LogP contribution < -0.4 is 5.73 Å². The Labute approximate surface area is 120 Å². The Morgan fingerprint density at radius 2 is 1.38 bits per heavy atom. The molecule has 0 saturated carbocycles. The number of aromatic nitrogens is 2. The van der Waals surface area contributed by atoms with Crippen LogP contribution in [0.4, 0.5) is 5.69 Å². The van der Waals surface area contributed by atoms with E-state index in [0.717, 1.165) is 11.0 Å². The van der Waals surface area contributed by atoms with Crippen LogP contribution in [0.3, 0.4) is 0 Å². The number of hydrogen-bond acceptors (Lipinski definition) is 5. The molecule has 3 aromatic heterocycles. The van der Waals surface area contributed by atoms with Crippen molar-refractivity contribution in [2.24, 2.45) is 0 Å². The van der Waals surface area contributed by atoms with E-state index in [1.165, 1.54) is 0 Å². The summed E-state index contributed by atoms with van der Waals surface area (Å²) in [5, 5.41) is 0. The van der Waals surface area contributed by atoms with Crippen molar-refractivity contribution in [3.63, 3.8) is 0 Å². The minimum atomic E-state index is 0.632. The Kier molecular flexibility index (Phi) is 2.50. The SMILES string of the molecule is Nc1ccc2nc(-c3ccco3)c(-c3ccco3)nc2c1. The van der Waals surface area contributed by atoms with Gasteiger partial charge in [-0.05, 0) is 42.5 Å². The first-order chi connectivity index (χ1) is 10.3. The Balaban J connectivity index is 2.05. The van der Waals surface area contributed by atoms with Gasteiger partial charge in [-0.2, -0.15) is 0 Å². The lowest BCUT2D eigenvalue weighted by Crippen LogP contribution is -1.95. The van der Waals surface area contributed by atoms with Gasteiger partial charge in [-0.3, -0.25) is 0 Å². The van der Waals surface area contributed by atoms with E-state index in [-0.39, 0.29) is 0 Å². The molecule has 0 aliphatic rings. The molecule has 0 bridgehead atoms. The van der Waals surface area contributed by atoms with Gasteiger partial charge >= 0.3 is 0 Å². The van der Waals surface area contributed by atoms with Crippen LogP contribution in [0.5, 0.6) is 0 Å². The highest BCUT2D eigenvalue weighted by Crippen LogP contribution is 2.31. The van der Waals surface area contributed by atoms with Crippen LogP contribution in [0.2, 0.25) is 0 Å². The predicted molar refractivity (Wildman–Crippen MR) is 79.4 cm³/mol. The van der Waals surface area contributed by atoms with Crippen LogP contribution in [0.15, 0.2) is 63.8 Å². The van der Waals surface area contributed by atoms with Crippen molar-refractivity contribution < 1.29 is 8.83 Å². The van der Waals surface area contributed by atoms with Gasteiger partial charge in [0.25, 0.3) is 0 Å². The van der Waals surface area contributed by atoms with E-state index in [2.05, 4.69) is 9.97 Å². The van der Waals surface area contributed by atoms with Crippen LogP contribution in [-0.2, 0) is 0 Å². The van der Waals surface area contributed by atoms with Crippen molar-refractivity contribution in [3.8, 4) is 22.9 Å². The zero-order valence-electron chi connectivity index (χ0n) is 11.0. The van der Waals surface area contributed by atoms with Crippen molar-refractivity contribution in [1.82, 2.24) is 9.97 Å². The standard InChI is InChI=1S/C16H11N3O2/c17-10-5-6-11-12(9-10)19-16(14-4-2-8-21-14)15(18-11)13-3-1-7-20-13/h1-9H,17H2. The summed E-state index contributed by atoms with van der Waals surface area (Å²) >= 11 is 0. The number of hydrogen-bond donors (Lipinski definition) is 1. The van der Waals surface area contributed by atoms with Gasteiger partial charge in [0, 0.05) is 5.69 Å². The summed E-state index contributed by atoms with van der Waals surface area (Å²) in [7, 11) is 0. The van der Waals surface area contributed by atoms with Gasteiger partial charge < -0.3 is 14.6 Å². The number of benzene rings is 1. The Morgan fingerprint density at radius 3 is 1.95 bits per heavy atom. The number of anilines is 1. The van der Waals surface area contributed by atoms with E-state index in [1.807, 2.05) is 30.3 Å². The maximum atomic E-state index is 5.82. The molecule has 3 heterocycles. The summed E-state index contributed by atoms with van der Waals surface area (Å²) in [6, 6.07) is 12.8. The summed E-state index contributed by atoms with van der Waals surface area (Å²) in [5.74, 6) is 1.28. The van der Waals surface area contributed by atoms with E-state index in [1.54, 1.807) is 24.7 Å². The average molecular weight is 277 g/mol. The van der Waals surface area contributed by atoms with Crippen LogP contribution in [0.1, 0.15) is 0 Å². The number of nitrogens with zero attached hydrogens (tertiary/aromatic N) is 2. The monoisotopic (exact) mass is 277 g/mol. The first kappa shape index (κ1) is 11.7. The molecule has 5 nitrogen and oxygen atoms in total. The fourth-order valence-electron chi connectivity index (χ4n) is 2.24. The Bertz CT molecular complexity index is 897. The van der Waals surface area contributed by atoms with E-state index >= 15 is 0 Å². The fourth-order valence-corrected chi connectivity index (χ4v) is 2.24. The minimum absolute atomic E-state index is 0.632. The van der Waals surface area contributed by atoms with Crippen molar-refractivity contribution in [2.75, 3.05) is 5.73 Å². The summed E-state index contributed by atoms with van der Waals surface area (Å²) in [4.78, 5) is 9.28. The van der Waals surface area contributed by atoms with E-state index < -0.39 is 0 Å². The average Bonchev–Trinajstić information content (AvgIpc) is 3.19. The van der Waals surface area contributed by atoms with E-state index in [4.69, 9.17) is 14.6 Å². The minimum Gasteiger partial charge on any atom is -0.463 e. The van der Waals surface area contributed by atoms with E-state index in [9.17, 15) is 0 Å². The molecule has 21 heavy (non-hydrogen) atoms. The van der Waals surface area contributed by atoms with Crippen LogP contribution in [-0.4, -0.2) is 9.97 Å². The van der Waals surface area contributed by atoms with Crippen molar-refractivity contribution in [2.45, 2.75) is 0 Å². The van der Waals surface area contributed by atoms with Gasteiger partial charge in [0.2, 0.25) is 0 Å². The Hall–Kier alpha value is -3.08. The molecule has 0 unspecified atom stereocenters. The van der Waals surface area contributed by atoms with Gasteiger partial charge in [-0.15, -0.1) is 0 Å². The molecule has 0 fully saturated rings. The molecular formula is C16H11N3O2. The normalized spacial score (nSPS) is 11.0. The van der Waals surface area contributed by atoms with Crippen molar-refractivity contribution >= 4 is 16.7 Å². The summed E-state index contributed by atoms with van der Waals surface area (Å²) in [6.45, 7) is 0. The second-order valence-electron chi connectivity index (χ2n) is 4.62. The smallest absolute Gasteiger partial charge is 0.154 e. The molecule has 2 N–H and O–H groups in total. The molecule has 1 aromatic carbocycles. The molecule has 0 saturated heterocycles. The highest BCUT2D eigenvalue weighted by molar-refractivity contribution is 5.85. The molecule has 0 aliphatic heterocycles. The lowest BCUT2D eigenvalue weighted by molar-refractivity contribution is 0.572. The van der Waals surface area contributed by atoms with Gasteiger partial charge in [0.1, 0.15) is 11.4 Å². The van der Waals surface area contributed by atoms with Crippen molar-refractivity contribution in [3.05, 3.63) is 55.0 Å². The molecule has 102 valence electrons.